The molecule has 0 saturated carbocycles. The zero-order chi connectivity index (χ0) is 11.8. The summed E-state index contributed by atoms with van der Waals surface area (Å²) in [5, 5.41) is 9.16. The van der Waals surface area contributed by atoms with Crippen LogP contribution in [0.25, 0.3) is 0 Å². The molecule has 1 aromatic rings. The van der Waals surface area contributed by atoms with Crippen molar-refractivity contribution >= 4 is 0 Å². The molecule has 0 saturated heterocycles. The molecule has 0 aliphatic rings. The van der Waals surface area contributed by atoms with Crippen LogP contribution in [0.1, 0.15) is 51.5 Å². The second-order valence-electron chi connectivity index (χ2n) is 4.59. The third-order valence-corrected chi connectivity index (χ3v) is 3.42. The number of phenolic OH excluding ortho intramolecular Hbond substituents is 1. The maximum absolute atomic E-state index is 9.16. The molecule has 0 aromatic heterocycles. The average molecular weight is 220 g/mol. The van der Waals surface area contributed by atoms with Crippen molar-refractivity contribution in [2.24, 2.45) is 5.92 Å². The summed E-state index contributed by atoms with van der Waals surface area (Å²) < 4.78 is 0. The number of phenols is 1. The quantitative estimate of drug-likeness (QED) is 0.669. The van der Waals surface area contributed by atoms with Crippen LogP contribution in [-0.4, -0.2) is 5.11 Å². The van der Waals surface area contributed by atoms with Crippen LogP contribution in [0.5, 0.6) is 5.75 Å². The summed E-state index contributed by atoms with van der Waals surface area (Å²) in [6.07, 6.45) is 7.73. The highest BCUT2D eigenvalue weighted by atomic mass is 16.3. The SMILES string of the molecule is CCC(CC)CCCCc1ccc(O)cc1. The van der Waals surface area contributed by atoms with Crippen molar-refractivity contribution in [3.8, 4) is 5.75 Å². The van der Waals surface area contributed by atoms with E-state index in [1.807, 2.05) is 12.1 Å². The van der Waals surface area contributed by atoms with Crippen molar-refractivity contribution in [3.05, 3.63) is 29.8 Å². The van der Waals surface area contributed by atoms with Gasteiger partial charge >= 0.3 is 0 Å². The molecule has 0 amide bonds. The summed E-state index contributed by atoms with van der Waals surface area (Å²) in [7, 11) is 0. The Hall–Kier alpha value is -0.980. The van der Waals surface area contributed by atoms with Gasteiger partial charge < -0.3 is 5.11 Å². The first kappa shape index (κ1) is 13.1. The highest BCUT2D eigenvalue weighted by Gasteiger charge is 2.02. The van der Waals surface area contributed by atoms with Crippen LogP contribution in [0.4, 0.5) is 0 Å². The third kappa shape index (κ3) is 4.69. The zero-order valence-corrected chi connectivity index (χ0v) is 10.6. The molecule has 0 atom stereocenters. The first-order chi connectivity index (χ1) is 7.76. The normalized spacial score (nSPS) is 10.9. The second kappa shape index (κ2) is 7.32. The molecule has 1 aromatic carbocycles. The zero-order valence-electron chi connectivity index (χ0n) is 10.6. The van der Waals surface area contributed by atoms with Gasteiger partial charge in [-0.25, -0.2) is 0 Å². The molecule has 0 spiro atoms. The molecule has 0 aliphatic carbocycles. The Morgan fingerprint density at radius 2 is 1.62 bits per heavy atom. The van der Waals surface area contributed by atoms with Crippen molar-refractivity contribution in [2.45, 2.75) is 52.4 Å². The van der Waals surface area contributed by atoms with Crippen LogP contribution < -0.4 is 0 Å². The number of benzene rings is 1. The van der Waals surface area contributed by atoms with Crippen molar-refractivity contribution < 1.29 is 5.11 Å². The van der Waals surface area contributed by atoms with E-state index < -0.39 is 0 Å². The Morgan fingerprint density at radius 1 is 1.00 bits per heavy atom. The van der Waals surface area contributed by atoms with E-state index in [4.69, 9.17) is 5.11 Å². The van der Waals surface area contributed by atoms with Crippen LogP contribution in [0.3, 0.4) is 0 Å². The van der Waals surface area contributed by atoms with Gasteiger partial charge in [0.2, 0.25) is 0 Å². The number of aromatic hydroxyl groups is 1. The van der Waals surface area contributed by atoms with Gasteiger partial charge in [0.15, 0.2) is 0 Å². The maximum Gasteiger partial charge on any atom is 0.115 e. The summed E-state index contributed by atoms with van der Waals surface area (Å²) in [6, 6.07) is 7.59. The lowest BCUT2D eigenvalue weighted by Crippen LogP contribution is -1.97. The predicted octanol–water partition coefficient (Wildman–Crippen LogP) is 4.54. The molecule has 1 heteroatoms. The van der Waals surface area contributed by atoms with E-state index in [1.165, 1.54) is 37.7 Å². The van der Waals surface area contributed by atoms with Crippen molar-refractivity contribution in [2.75, 3.05) is 0 Å². The Morgan fingerprint density at radius 3 is 2.19 bits per heavy atom. The second-order valence-corrected chi connectivity index (χ2v) is 4.59. The number of rotatable bonds is 7. The summed E-state index contributed by atoms with van der Waals surface area (Å²) >= 11 is 0. The molecule has 1 N–H and O–H groups in total. The van der Waals surface area contributed by atoms with Gasteiger partial charge in [-0.15, -0.1) is 0 Å². The maximum atomic E-state index is 9.16. The summed E-state index contributed by atoms with van der Waals surface area (Å²) in [5.41, 5.74) is 1.34. The van der Waals surface area contributed by atoms with E-state index in [-0.39, 0.29) is 0 Å². The minimum absolute atomic E-state index is 0.362. The van der Waals surface area contributed by atoms with Crippen LogP contribution >= 0.6 is 0 Å². The van der Waals surface area contributed by atoms with Gasteiger partial charge in [-0.2, -0.15) is 0 Å². The molecule has 0 unspecified atom stereocenters. The molecule has 0 heterocycles. The van der Waals surface area contributed by atoms with Gasteiger partial charge in [0.1, 0.15) is 5.75 Å². The first-order valence-corrected chi connectivity index (χ1v) is 6.54. The topological polar surface area (TPSA) is 20.2 Å². The van der Waals surface area contributed by atoms with Gasteiger partial charge in [0.25, 0.3) is 0 Å². The average Bonchev–Trinajstić information content (AvgIpc) is 2.32. The van der Waals surface area contributed by atoms with Crippen molar-refractivity contribution in [1.82, 2.24) is 0 Å². The smallest absolute Gasteiger partial charge is 0.115 e. The monoisotopic (exact) mass is 220 g/mol. The Labute approximate surface area is 99.5 Å². The van der Waals surface area contributed by atoms with Crippen molar-refractivity contribution in [3.63, 3.8) is 0 Å². The molecular weight excluding hydrogens is 196 g/mol. The minimum Gasteiger partial charge on any atom is -0.508 e. The third-order valence-electron chi connectivity index (χ3n) is 3.42. The minimum atomic E-state index is 0.362. The van der Waals surface area contributed by atoms with Crippen LogP contribution in [0.2, 0.25) is 0 Å². The standard InChI is InChI=1S/C15H24O/c1-3-13(4-2)7-5-6-8-14-9-11-15(16)12-10-14/h9-13,16H,3-8H2,1-2H3. The van der Waals surface area contributed by atoms with Crippen LogP contribution in [0.15, 0.2) is 24.3 Å². The lowest BCUT2D eigenvalue weighted by molar-refractivity contribution is 0.434. The molecule has 0 fully saturated rings. The van der Waals surface area contributed by atoms with Crippen LogP contribution in [-0.2, 0) is 6.42 Å². The van der Waals surface area contributed by atoms with E-state index in [0.29, 0.717) is 5.75 Å². The fraction of sp³-hybridized carbons (Fsp3) is 0.600. The van der Waals surface area contributed by atoms with E-state index in [9.17, 15) is 0 Å². The van der Waals surface area contributed by atoms with E-state index in [2.05, 4.69) is 13.8 Å². The first-order valence-electron chi connectivity index (χ1n) is 6.54. The number of hydrogen-bond acceptors (Lipinski definition) is 1. The molecule has 0 aliphatic heterocycles. The highest BCUT2D eigenvalue weighted by Crippen LogP contribution is 2.18. The van der Waals surface area contributed by atoms with Gasteiger partial charge in [-0.05, 0) is 36.5 Å². The Bertz CT molecular complexity index is 272. The van der Waals surface area contributed by atoms with Gasteiger partial charge in [-0.1, -0.05) is 51.7 Å². The molecule has 16 heavy (non-hydrogen) atoms. The van der Waals surface area contributed by atoms with E-state index in [0.717, 1.165) is 12.3 Å². The largest absolute Gasteiger partial charge is 0.508 e. The number of hydrogen-bond donors (Lipinski definition) is 1. The summed E-state index contributed by atoms with van der Waals surface area (Å²) in [4.78, 5) is 0. The molecule has 90 valence electrons. The van der Waals surface area contributed by atoms with Gasteiger partial charge in [0.05, 0.1) is 0 Å². The fourth-order valence-corrected chi connectivity index (χ4v) is 2.12. The number of aryl methyl sites for hydroxylation is 1. The lowest BCUT2D eigenvalue weighted by atomic mass is 9.95. The van der Waals surface area contributed by atoms with Gasteiger partial charge in [0, 0.05) is 0 Å². The van der Waals surface area contributed by atoms with E-state index >= 15 is 0 Å². The molecule has 1 nitrogen and oxygen atoms in total. The molecular formula is C15H24O. The fourth-order valence-electron chi connectivity index (χ4n) is 2.12. The van der Waals surface area contributed by atoms with Crippen LogP contribution in [0, 0.1) is 5.92 Å². The highest BCUT2D eigenvalue weighted by molar-refractivity contribution is 5.25. The molecule has 1 rings (SSSR count). The molecule has 0 bridgehead atoms. The van der Waals surface area contributed by atoms with E-state index in [1.54, 1.807) is 12.1 Å². The van der Waals surface area contributed by atoms with Gasteiger partial charge in [-0.3, -0.25) is 0 Å². The summed E-state index contributed by atoms with van der Waals surface area (Å²) in [5.74, 6) is 1.28. The van der Waals surface area contributed by atoms with Crippen molar-refractivity contribution in [1.29, 1.82) is 0 Å². The lowest BCUT2D eigenvalue weighted by Gasteiger charge is -2.11. The predicted molar refractivity (Wildman–Crippen MR) is 69.7 cm³/mol. The summed E-state index contributed by atoms with van der Waals surface area (Å²) in [6.45, 7) is 4.57. The Kier molecular flexibility index (Phi) is 5.99. The number of unbranched alkanes of at least 4 members (excludes halogenated alkanes) is 1. The Balaban J connectivity index is 2.18. The molecule has 0 radical (unpaired) electrons.